The molecule has 124 valence electrons. The number of methoxy groups -OCH3 is 1. The van der Waals surface area contributed by atoms with Crippen LogP contribution in [0.1, 0.15) is 12.8 Å². The molecule has 1 saturated heterocycles. The van der Waals surface area contributed by atoms with Gasteiger partial charge in [-0.3, -0.25) is 0 Å². The maximum atomic E-state index is 10.3. The zero-order chi connectivity index (χ0) is 16.1. The molecule has 1 aliphatic rings. The Kier molecular flexibility index (Phi) is 5.49. The lowest BCUT2D eigenvalue weighted by Crippen LogP contribution is -2.42. The lowest BCUT2D eigenvalue weighted by atomic mass is 10.1. The summed E-state index contributed by atoms with van der Waals surface area (Å²) in [7, 11) is 1.77. The molecule has 0 aliphatic carbocycles. The van der Waals surface area contributed by atoms with Gasteiger partial charge in [0.2, 0.25) is 0 Å². The van der Waals surface area contributed by atoms with Crippen LogP contribution < -0.4 is 4.74 Å². The molecular weight excluding hydrogens is 290 g/mol. The Morgan fingerprint density at radius 2 is 1.87 bits per heavy atom. The highest BCUT2D eigenvalue weighted by Gasteiger charge is 2.20. The molecule has 0 amide bonds. The van der Waals surface area contributed by atoms with Crippen molar-refractivity contribution in [3.63, 3.8) is 0 Å². The second-order valence-corrected chi connectivity index (χ2v) is 6.18. The number of fused-ring (bicyclic) bond motifs is 1. The van der Waals surface area contributed by atoms with E-state index in [-0.39, 0.29) is 0 Å². The van der Waals surface area contributed by atoms with Crippen LogP contribution in [-0.2, 0) is 4.74 Å². The van der Waals surface area contributed by atoms with E-state index in [1.807, 2.05) is 30.3 Å². The van der Waals surface area contributed by atoms with Gasteiger partial charge in [0.05, 0.1) is 6.10 Å². The summed E-state index contributed by atoms with van der Waals surface area (Å²) in [5.41, 5.74) is 0. The molecule has 4 heteroatoms. The summed E-state index contributed by atoms with van der Waals surface area (Å²) in [5.74, 6) is 0.834. The average molecular weight is 315 g/mol. The van der Waals surface area contributed by atoms with Gasteiger partial charge in [0.25, 0.3) is 0 Å². The van der Waals surface area contributed by atoms with E-state index in [1.165, 1.54) is 0 Å². The molecule has 0 radical (unpaired) electrons. The number of hydrogen-bond donors (Lipinski definition) is 1. The van der Waals surface area contributed by atoms with Crippen LogP contribution in [0.15, 0.2) is 42.5 Å². The fourth-order valence-electron chi connectivity index (χ4n) is 3.19. The summed E-state index contributed by atoms with van der Waals surface area (Å²) in [6, 6.07) is 14.2. The molecule has 2 aromatic rings. The third-order valence-electron chi connectivity index (χ3n) is 4.52. The number of ether oxygens (including phenoxy) is 2. The summed E-state index contributed by atoms with van der Waals surface area (Å²) < 4.78 is 11.2. The van der Waals surface area contributed by atoms with Gasteiger partial charge in [0.15, 0.2) is 0 Å². The molecule has 2 aromatic carbocycles. The Labute approximate surface area is 137 Å². The Morgan fingerprint density at radius 1 is 1.13 bits per heavy atom. The maximum Gasteiger partial charge on any atom is 0.127 e. The number of aliphatic hydroxyl groups is 1. The van der Waals surface area contributed by atoms with Crippen molar-refractivity contribution >= 4 is 10.8 Å². The van der Waals surface area contributed by atoms with E-state index in [2.05, 4.69) is 17.0 Å². The number of benzene rings is 2. The molecule has 1 heterocycles. The Morgan fingerprint density at radius 3 is 2.65 bits per heavy atom. The number of rotatable bonds is 6. The number of aliphatic hydroxyl groups excluding tert-OH is 1. The van der Waals surface area contributed by atoms with Crippen LogP contribution in [0.4, 0.5) is 0 Å². The number of likely N-dealkylation sites (tertiary alicyclic amines) is 1. The monoisotopic (exact) mass is 315 g/mol. The normalized spacial score (nSPS) is 18.2. The summed E-state index contributed by atoms with van der Waals surface area (Å²) in [4.78, 5) is 2.28. The predicted molar refractivity (Wildman–Crippen MR) is 91.9 cm³/mol. The Balaban J connectivity index is 1.51. The van der Waals surface area contributed by atoms with Crippen molar-refractivity contribution in [3.05, 3.63) is 42.5 Å². The lowest BCUT2D eigenvalue weighted by molar-refractivity contribution is 0.0154. The molecule has 3 rings (SSSR count). The summed E-state index contributed by atoms with van der Waals surface area (Å²) in [6.45, 7) is 2.92. The molecule has 1 atom stereocenters. The first kappa shape index (κ1) is 16.2. The van der Waals surface area contributed by atoms with Crippen molar-refractivity contribution in [1.82, 2.24) is 4.90 Å². The number of nitrogens with zero attached hydrogens (tertiary/aromatic N) is 1. The molecule has 1 N–H and O–H groups in total. The van der Waals surface area contributed by atoms with Gasteiger partial charge in [0, 0.05) is 32.1 Å². The summed E-state index contributed by atoms with van der Waals surface area (Å²) in [6.07, 6.45) is 1.96. The van der Waals surface area contributed by atoms with E-state index < -0.39 is 6.10 Å². The van der Waals surface area contributed by atoms with Gasteiger partial charge < -0.3 is 19.5 Å². The molecule has 0 saturated carbocycles. The first-order valence-electron chi connectivity index (χ1n) is 8.30. The van der Waals surface area contributed by atoms with Gasteiger partial charge in [-0.25, -0.2) is 0 Å². The summed E-state index contributed by atoms with van der Waals surface area (Å²) in [5, 5.41) is 12.5. The van der Waals surface area contributed by atoms with Crippen molar-refractivity contribution in [2.24, 2.45) is 0 Å². The Bertz CT molecular complexity index is 618. The second kappa shape index (κ2) is 7.77. The number of piperidine rings is 1. The highest BCUT2D eigenvalue weighted by molar-refractivity contribution is 5.88. The first-order valence-corrected chi connectivity index (χ1v) is 8.30. The van der Waals surface area contributed by atoms with Crippen LogP contribution in [0.25, 0.3) is 10.8 Å². The summed E-state index contributed by atoms with van der Waals surface area (Å²) >= 11 is 0. The van der Waals surface area contributed by atoms with Gasteiger partial charge in [0.1, 0.15) is 18.5 Å². The zero-order valence-electron chi connectivity index (χ0n) is 13.6. The van der Waals surface area contributed by atoms with Crippen LogP contribution in [0.5, 0.6) is 5.75 Å². The van der Waals surface area contributed by atoms with Crippen LogP contribution in [0.2, 0.25) is 0 Å². The van der Waals surface area contributed by atoms with Crippen LogP contribution >= 0.6 is 0 Å². The third-order valence-corrected chi connectivity index (χ3v) is 4.52. The van der Waals surface area contributed by atoms with Crippen molar-refractivity contribution in [2.45, 2.75) is 25.0 Å². The fraction of sp³-hybridized carbons (Fsp3) is 0.474. The number of hydrogen-bond acceptors (Lipinski definition) is 4. The third kappa shape index (κ3) is 4.22. The molecule has 0 aromatic heterocycles. The van der Waals surface area contributed by atoms with Gasteiger partial charge in [-0.05, 0) is 24.3 Å². The van der Waals surface area contributed by atoms with Crippen molar-refractivity contribution < 1.29 is 14.6 Å². The molecule has 0 bridgehead atoms. The first-order chi connectivity index (χ1) is 11.3. The maximum absolute atomic E-state index is 10.3. The fourth-order valence-corrected chi connectivity index (χ4v) is 3.19. The molecule has 0 spiro atoms. The van der Waals surface area contributed by atoms with Crippen LogP contribution in [0.3, 0.4) is 0 Å². The van der Waals surface area contributed by atoms with Crippen LogP contribution in [0, 0.1) is 0 Å². The van der Waals surface area contributed by atoms with E-state index >= 15 is 0 Å². The number of β-amino-alcohol motifs (C(OH)–C–C–N with tert-alkyl or cyclic N) is 1. The van der Waals surface area contributed by atoms with Gasteiger partial charge >= 0.3 is 0 Å². The minimum atomic E-state index is -0.479. The molecule has 1 unspecified atom stereocenters. The van der Waals surface area contributed by atoms with Gasteiger partial charge in [-0.2, -0.15) is 0 Å². The highest BCUT2D eigenvalue weighted by Crippen LogP contribution is 2.25. The van der Waals surface area contributed by atoms with Crippen molar-refractivity contribution in [1.29, 1.82) is 0 Å². The van der Waals surface area contributed by atoms with E-state index in [0.717, 1.165) is 42.5 Å². The largest absolute Gasteiger partial charge is 0.490 e. The Hall–Kier alpha value is -1.62. The quantitative estimate of drug-likeness (QED) is 0.890. The van der Waals surface area contributed by atoms with Crippen molar-refractivity contribution in [2.75, 3.05) is 33.4 Å². The minimum absolute atomic E-state index is 0.318. The van der Waals surface area contributed by atoms with E-state index in [1.54, 1.807) is 7.11 Å². The van der Waals surface area contributed by atoms with Crippen LogP contribution in [-0.4, -0.2) is 55.6 Å². The smallest absolute Gasteiger partial charge is 0.127 e. The van der Waals surface area contributed by atoms with E-state index in [4.69, 9.17) is 9.47 Å². The molecule has 1 aliphatic heterocycles. The predicted octanol–water partition coefficient (Wildman–Crippen LogP) is 2.69. The molecule has 23 heavy (non-hydrogen) atoms. The minimum Gasteiger partial charge on any atom is -0.490 e. The second-order valence-electron chi connectivity index (χ2n) is 6.18. The standard InChI is InChI=1S/C19H25NO3/c1-22-17-9-11-20(12-10-17)13-16(21)14-23-19-8-4-6-15-5-2-3-7-18(15)19/h2-8,16-17,21H,9-14H2,1H3. The lowest BCUT2D eigenvalue weighted by Gasteiger charge is -2.32. The molecule has 4 nitrogen and oxygen atoms in total. The SMILES string of the molecule is COC1CCN(CC(O)COc2cccc3ccccc23)CC1. The van der Waals surface area contributed by atoms with E-state index in [0.29, 0.717) is 19.3 Å². The zero-order valence-corrected chi connectivity index (χ0v) is 13.6. The molecule has 1 fully saturated rings. The highest BCUT2D eigenvalue weighted by atomic mass is 16.5. The van der Waals surface area contributed by atoms with E-state index in [9.17, 15) is 5.11 Å². The molecular formula is C19H25NO3. The van der Waals surface area contributed by atoms with Crippen molar-refractivity contribution in [3.8, 4) is 5.75 Å². The van der Waals surface area contributed by atoms with Gasteiger partial charge in [-0.15, -0.1) is 0 Å². The topological polar surface area (TPSA) is 41.9 Å². The van der Waals surface area contributed by atoms with Gasteiger partial charge in [-0.1, -0.05) is 36.4 Å². The average Bonchev–Trinajstić information content (AvgIpc) is 2.60.